The minimum absolute atomic E-state index is 0.0159. The molecule has 30 heavy (non-hydrogen) atoms. The normalized spacial score (nSPS) is 11.6. The highest BCUT2D eigenvalue weighted by molar-refractivity contribution is 5.81. The van der Waals surface area contributed by atoms with Crippen molar-refractivity contribution in [2.75, 3.05) is 85.8 Å². The molecule has 0 aromatic heterocycles. The lowest BCUT2D eigenvalue weighted by Gasteiger charge is -2.17. The largest absolute Gasteiger partial charge is 0.377 e. The Morgan fingerprint density at radius 1 is 0.633 bits per heavy atom. The zero-order valence-electron chi connectivity index (χ0n) is 19.2. The van der Waals surface area contributed by atoms with E-state index in [1.807, 2.05) is 27.7 Å². The van der Waals surface area contributed by atoms with Crippen LogP contribution in [0, 0.1) is 5.41 Å². The summed E-state index contributed by atoms with van der Waals surface area (Å²) in [6.07, 6.45) is 0.497. The van der Waals surface area contributed by atoms with Gasteiger partial charge in [0.2, 0.25) is 5.91 Å². The van der Waals surface area contributed by atoms with Crippen molar-refractivity contribution in [1.29, 1.82) is 0 Å². The minimum atomic E-state index is -0.380. The summed E-state index contributed by atoms with van der Waals surface area (Å²) in [6, 6.07) is 0. The van der Waals surface area contributed by atoms with Gasteiger partial charge in [0.1, 0.15) is 6.61 Å². The second-order valence-corrected chi connectivity index (χ2v) is 7.51. The zero-order valence-corrected chi connectivity index (χ0v) is 19.2. The van der Waals surface area contributed by atoms with Crippen molar-refractivity contribution < 1.29 is 38.0 Å². The Morgan fingerprint density at radius 2 is 1.00 bits per heavy atom. The van der Waals surface area contributed by atoms with E-state index in [0.717, 1.165) is 0 Å². The van der Waals surface area contributed by atoms with Crippen LogP contribution in [0.4, 0.5) is 0 Å². The van der Waals surface area contributed by atoms with Crippen molar-refractivity contribution in [3.8, 4) is 0 Å². The van der Waals surface area contributed by atoms with E-state index in [1.165, 1.54) is 0 Å². The van der Waals surface area contributed by atoms with Crippen molar-refractivity contribution in [3.63, 3.8) is 0 Å². The van der Waals surface area contributed by atoms with Crippen molar-refractivity contribution in [1.82, 2.24) is 5.32 Å². The molecule has 9 heteroatoms. The molecule has 1 amide bonds. The molecule has 0 aliphatic heterocycles. The van der Waals surface area contributed by atoms with Gasteiger partial charge in [-0.3, -0.25) is 9.59 Å². The van der Waals surface area contributed by atoms with E-state index in [9.17, 15) is 9.59 Å². The number of carbonyl (C=O) groups excluding carboxylic acids is 2. The molecule has 0 aromatic rings. The first-order valence-corrected chi connectivity index (χ1v) is 10.6. The summed E-state index contributed by atoms with van der Waals surface area (Å²) in [5.74, 6) is 0.109. The first kappa shape index (κ1) is 28.9. The molecule has 0 fully saturated rings. The molecule has 0 atom stereocenters. The zero-order chi connectivity index (χ0) is 22.5. The van der Waals surface area contributed by atoms with Crippen molar-refractivity contribution >= 4 is 11.7 Å². The van der Waals surface area contributed by atoms with Crippen LogP contribution in [-0.2, 0) is 38.0 Å². The van der Waals surface area contributed by atoms with Gasteiger partial charge in [0, 0.05) is 18.4 Å². The number of ether oxygens (including phenoxy) is 6. The van der Waals surface area contributed by atoms with Crippen LogP contribution >= 0.6 is 0 Å². The second kappa shape index (κ2) is 19.8. The standard InChI is InChI=1S/C21H41NO8/c1-5-19(23)18-30-17-16-29-15-14-28-13-12-27-11-10-26-9-8-25-7-6-22-20(24)21(2,3)4/h5-18H2,1-4H3,(H,22,24). The van der Waals surface area contributed by atoms with E-state index < -0.39 is 0 Å². The van der Waals surface area contributed by atoms with Crippen LogP contribution in [0.2, 0.25) is 0 Å². The molecule has 0 bridgehead atoms. The summed E-state index contributed by atoms with van der Waals surface area (Å²) in [6.45, 7) is 13.3. The summed E-state index contributed by atoms with van der Waals surface area (Å²) >= 11 is 0. The van der Waals surface area contributed by atoms with Crippen LogP contribution in [0.1, 0.15) is 34.1 Å². The molecule has 0 aromatic carbocycles. The third-order valence-electron chi connectivity index (χ3n) is 3.73. The molecule has 0 aliphatic carbocycles. The van der Waals surface area contributed by atoms with Gasteiger partial charge in [0.25, 0.3) is 0 Å². The summed E-state index contributed by atoms with van der Waals surface area (Å²) in [5.41, 5.74) is -0.380. The van der Waals surface area contributed by atoms with Gasteiger partial charge in [0.15, 0.2) is 5.78 Å². The number of rotatable bonds is 21. The van der Waals surface area contributed by atoms with Gasteiger partial charge >= 0.3 is 0 Å². The molecule has 0 rings (SSSR count). The monoisotopic (exact) mass is 435 g/mol. The molecule has 0 spiro atoms. The van der Waals surface area contributed by atoms with E-state index in [2.05, 4.69) is 5.32 Å². The SMILES string of the molecule is CCC(=O)COCCOCCOCCOCCOCCOCCNC(=O)C(C)(C)C. The van der Waals surface area contributed by atoms with Crippen LogP contribution in [0.5, 0.6) is 0 Å². The Balaban J connectivity index is 3.13. The lowest BCUT2D eigenvalue weighted by atomic mass is 9.96. The highest BCUT2D eigenvalue weighted by Gasteiger charge is 2.20. The third-order valence-corrected chi connectivity index (χ3v) is 3.73. The maximum atomic E-state index is 11.6. The minimum Gasteiger partial charge on any atom is -0.377 e. The molecule has 0 heterocycles. The maximum absolute atomic E-state index is 11.6. The van der Waals surface area contributed by atoms with Crippen molar-refractivity contribution in [2.45, 2.75) is 34.1 Å². The van der Waals surface area contributed by atoms with Gasteiger partial charge in [-0.15, -0.1) is 0 Å². The fourth-order valence-electron chi connectivity index (χ4n) is 1.89. The highest BCUT2D eigenvalue weighted by atomic mass is 16.6. The van der Waals surface area contributed by atoms with Crippen LogP contribution in [-0.4, -0.2) is 97.5 Å². The summed E-state index contributed by atoms with van der Waals surface area (Å²) in [5, 5.41) is 2.82. The van der Waals surface area contributed by atoms with Crippen molar-refractivity contribution in [2.24, 2.45) is 5.41 Å². The Bertz CT molecular complexity index is 426. The number of carbonyl (C=O) groups is 2. The molecule has 0 aliphatic rings. The smallest absolute Gasteiger partial charge is 0.225 e. The van der Waals surface area contributed by atoms with E-state index in [-0.39, 0.29) is 23.7 Å². The Hall–Kier alpha value is -1.10. The van der Waals surface area contributed by atoms with Crippen LogP contribution in [0.25, 0.3) is 0 Å². The fourth-order valence-corrected chi connectivity index (χ4v) is 1.89. The predicted molar refractivity (Wildman–Crippen MR) is 113 cm³/mol. The maximum Gasteiger partial charge on any atom is 0.225 e. The molecule has 0 saturated carbocycles. The van der Waals surface area contributed by atoms with Crippen LogP contribution in [0.15, 0.2) is 0 Å². The number of hydrogen-bond donors (Lipinski definition) is 1. The quantitative estimate of drug-likeness (QED) is 0.269. The number of ketones is 1. The Kier molecular flexibility index (Phi) is 19.1. The van der Waals surface area contributed by atoms with Gasteiger partial charge in [-0.1, -0.05) is 27.7 Å². The molecule has 178 valence electrons. The topological polar surface area (TPSA) is 102 Å². The van der Waals surface area contributed by atoms with Gasteiger partial charge in [-0.2, -0.15) is 0 Å². The van der Waals surface area contributed by atoms with Gasteiger partial charge in [0.05, 0.1) is 72.7 Å². The van der Waals surface area contributed by atoms with E-state index in [4.69, 9.17) is 28.4 Å². The predicted octanol–water partition coefficient (Wildman–Crippen LogP) is 1.23. The third kappa shape index (κ3) is 20.2. The average Bonchev–Trinajstić information content (AvgIpc) is 2.71. The highest BCUT2D eigenvalue weighted by Crippen LogP contribution is 2.11. The van der Waals surface area contributed by atoms with Crippen LogP contribution in [0.3, 0.4) is 0 Å². The molecular weight excluding hydrogens is 394 g/mol. The van der Waals surface area contributed by atoms with Crippen LogP contribution < -0.4 is 5.32 Å². The molecule has 9 nitrogen and oxygen atoms in total. The number of Topliss-reactive ketones (excluding diaryl/α,β-unsaturated/α-hetero) is 1. The van der Waals surface area contributed by atoms with Gasteiger partial charge in [-0.05, 0) is 0 Å². The van der Waals surface area contributed by atoms with Crippen molar-refractivity contribution in [3.05, 3.63) is 0 Å². The fraction of sp³-hybridized carbons (Fsp3) is 0.905. The van der Waals surface area contributed by atoms with E-state index >= 15 is 0 Å². The molecule has 1 N–H and O–H groups in total. The van der Waals surface area contributed by atoms with E-state index in [0.29, 0.717) is 85.6 Å². The Morgan fingerprint density at radius 3 is 1.37 bits per heavy atom. The summed E-state index contributed by atoms with van der Waals surface area (Å²) in [4.78, 5) is 22.7. The van der Waals surface area contributed by atoms with E-state index in [1.54, 1.807) is 0 Å². The molecule has 0 radical (unpaired) electrons. The first-order chi connectivity index (χ1) is 14.4. The lowest BCUT2D eigenvalue weighted by molar-refractivity contribution is -0.128. The second-order valence-electron chi connectivity index (χ2n) is 7.51. The van der Waals surface area contributed by atoms with Gasteiger partial charge in [-0.25, -0.2) is 0 Å². The first-order valence-electron chi connectivity index (χ1n) is 10.6. The molecular formula is C21H41NO8. The number of hydrogen-bond acceptors (Lipinski definition) is 8. The lowest BCUT2D eigenvalue weighted by Crippen LogP contribution is -2.36. The van der Waals surface area contributed by atoms with Gasteiger partial charge < -0.3 is 33.7 Å². The summed E-state index contributed by atoms with van der Waals surface area (Å²) in [7, 11) is 0. The summed E-state index contributed by atoms with van der Waals surface area (Å²) < 4.78 is 32.1. The average molecular weight is 436 g/mol. The Labute approximate surface area is 181 Å². The molecule has 0 unspecified atom stereocenters. The number of nitrogens with one attached hydrogen (secondary N) is 1. The number of amides is 1. The molecule has 0 saturated heterocycles.